The van der Waals surface area contributed by atoms with Gasteiger partial charge in [-0.05, 0) is 47.1 Å². The molecule has 0 N–H and O–H groups in total. The van der Waals surface area contributed by atoms with Crippen LogP contribution in [0.15, 0.2) is 78.9 Å². The van der Waals surface area contributed by atoms with E-state index in [1.165, 1.54) is 10.9 Å². The summed E-state index contributed by atoms with van der Waals surface area (Å²) in [5.41, 5.74) is 5.40. The second-order valence-corrected chi connectivity index (χ2v) is 9.50. The number of rotatable bonds is 4. The molecule has 0 aliphatic heterocycles. The van der Waals surface area contributed by atoms with Crippen molar-refractivity contribution >= 4 is 22.8 Å². The van der Waals surface area contributed by atoms with Gasteiger partial charge in [0.05, 0.1) is 11.4 Å². The van der Waals surface area contributed by atoms with Crippen molar-refractivity contribution in [3.05, 3.63) is 95.7 Å². The Morgan fingerprint density at radius 2 is 1.70 bits per heavy atom. The average Bonchev–Trinajstić information content (AvgIpc) is 3.24. The van der Waals surface area contributed by atoms with Crippen LogP contribution >= 0.6 is 0 Å². The van der Waals surface area contributed by atoms with Crippen molar-refractivity contribution in [2.24, 2.45) is 5.92 Å². The summed E-state index contributed by atoms with van der Waals surface area (Å²) in [5.74, 6) is 1.11. The fourth-order valence-electron chi connectivity index (χ4n) is 5.22. The summed E-state index contributed by atoms with van der Waals surface area (Å²) in [6, 6.07) is 24.7. The smallest absolute Gasteiger partial charge is 0.267 e. The van der Waals surface area contributed by atoms with E-state index in [0.717, 1.165) is 40.7 Å². The molecule has 3 nitrogen and oxygen atoms in total. The van der Waals surface area contributed by atoms with Crippen LogP contribution in [-0.4, -0.2) is 15.7 Å². The normalized spacial score (nSPS) is 18.2. The molecule has 166 valence electrons. The molecule has 1 aliphatic carbocycles. The summed E-state index contributed by atoms with van der Waals surface area (Å²) in [4.78, 5) is 13.6. The topological polar surface area (TPSA) is 34.9 Å². The number of benzene rings is 3. The van der Waals surface area contributed by atoms with E-state index in [-0.39, 0.29) is 5.91 Å². The maximum atomic E-state index is 13.6. The molecular formula is C30H30N2O. The van der Waals surface area contributed by atoms with Crippen molar-refractivity contribution in [1.29, 1.82) is 0 Å². The van der Waals surface area contributed by atoms with Gasteiger partial charge in [0.2, 0.25) is 0 Å². The minimum absolute atomic E-state index is 0.106. The Morgan fingerprint density at radius 3 is 2.48 bits per heavy atom. The molecule has 3 aromatic carbocycles. The Bertz CT molecular complexity index is 1320. The van der Waals surface area contributed by atoms with E-state index < -0.39 is 0 Å². The van der Waals surface area contributed by atoms with Crippen LogP contribution in [0.3, 0.4) is 0 Å². The largest absolute Gasteiger partial charge is 0.271 e. The number of aromatic nitrogens is 2. The van der Waals surface area contributed by atoms with Gasteiger partial charge in [0.1, 0.15) is 0 Å². The van der Waals surface area contributed by atoms with Gasteiger partial charge < -0.3 is 0 Å². The van der Waals surface area contributed by atoms with Crippen molar-refractivity contribution in [2.45, 2.75) is 45.4 Å². The predicted octanol–water partition coefficient (Wildman–Crippen LogP) is 7.69. The molecule has 0 bridgehead atoms. The number of fused-ring (bicyclic) bond motifs is 2. The highest BCUT2D eigenvalue weighted by Gasteiger charge is 2.35. The highest BCUT2D eigenvalue weighted by Crippen LogP contribution is 2.47. The van der Waals surface area contributed by atoms with Crippen molar-refractivity contribution in [3.8, 4) is 11.3 Å². The summed E-state index contributed by atoms with van der Waals surface area (Å²) in [7, 11) is 0. The quantitative estimate of drug-likeness (QED) is 0.309. The van der Waals surface area contributed by atoms with Crippen LogP contribution in [0.4, 0.5) is 0 Å². The van der Waals surface area contributed by atoms with Gasteiger partial charge in [-0.1, -0.05) is 93.6 Å². The maximum absolute atomic E-state index is 13.6. The Balaban J connectivity index is 1.73. The number of nitrogens with zero attached hydrogens (tertiary/aromatic N) is 2. The number of carbonyl (C=O) groups excluding carboxylic acids is 1. The summed E-state index contributed by atoms with van der Waals surface area (Å²) in [5, 5.41) is 7.34. The summed E-state index contributed by atoms with van der Waals surface area (Å²) in [6.45, 7) is 6.80. The number of hydrogen-bond donors (Lipinski definition) is 0. The molecule has 4 aromatic rings. The Labute approximate surface area is 195 Å². The van der Waals surface area contributed by atoms with Crippen molar-refractivity contribution in [1.82, 2.24) is 9.78 Å². The molecule has 1 aromatic heterocycles. The average molecular weight is 435 g/mol. The molecular weight excluding hydrogens is 404 g/mol. The molecule has 33 heavy (non-hydrogen) atoms. The zero-order chi connectivity index (χ0) is 22.9. The van der Waals surface area contributed by atoms with Gasteiger partial charge in [0, 0.05) is 23.1 Å². The zero-order valence-corrected chi connectivity index (χ0v) is 19.5. The number of allylic oxidation sites excluding steroid dienone is 1. The Kier molecular flexibility index (Phi) is 5.72. The lowest BCUT2D eigenvalue weighted by Crippen LogP contribution is -2.17. The Hall–Kier alpha value is -3.46. The molecule has 2 unspecified atom stereocenters. The molecule has 1 heterocycles. The highest BCUT2D eigenvalue weighted by molar-refractivity contribution is 6.01. The van der Waals surface area contributed by atoms with Crippen LogP contribution in [0.25, 0.3) is 28.1 Å². The first kappa shape index (κ1) is 21.4. The predicted molar refractivity (Wildman–Crippen MR) is 136 cm³/mol. The molecule has 3 heteroatoms. The third kappa shape index (κ3) is 3.93. The van der Waals surface area contributed by atoms with Crippen molar-refractivity contribution < 1.29 is 4.79 Å². The number of hydrogen-bond acceptors (Lipinski definition) is 2. The van der Waals surface area contributed by atoms with Crippen LogP contribution in [0.2, 0.25) is 0 Å². The van der Waals surface area contributed by atoms with Crippen LogP contribution in [0.5, 0.6) is 0 Å². The zero-order valence-electron chi connectivity index (χ0n) is 19.5. The molecule has 0 saturated carbocycles. The first-order chi connectivity index (χ1) is 16.0. The minimum atomic E-state index is -0.106. The SMILES string of the molecule is CC1CCC(C(C)C)c2nn(C(=O)/C=C/c3ccccc3)c(-c3cccc4ccccc34)c21. The van der Waals surface area contributed by atoms with Crippen molar-refractivity contribution in [3.63, 3.8) is 0 Å². The lowest BCUT2D eigenvalue weighted by molar-refractivity contribution is 0.0956. The third-order valence-electron chi connectivity index (χ3n) is 6.98. The van der Waals surface area contributed by atoms with E-state index in [9.17, 15) is 4.79 Å². The lowest BCUT2D eigenvalue weighted by atomic mass is 9.75. The van der Waals surface area contributed by atoms with Gasteiger partial charge >= 0.3 is 0 Å². The number of carbonyl (C=O) groups is 1. The van der Waals surface area contributed by atoms with E-state index in [1.807, 2.05) is 36.4 Å². The minimum Gasteiger partial charge on any atom is -0.267 e. The molecule has 2 atom stereocenters. The van der Waals surface area contributed by atoms with E-state index in [1.54, 1.807) is 10.8 Å². The van der Waals surface area contributed by atoms with Crippen molar-refractivity contribution in [2.75, 3.05) is 0 Å². The fraction of sp³-hybridized carbons (Fsp3) is 0.267. The standard InChI is InChI=1S/C30H30N2O/c1-20(2)24-18-16-21(3)28-29(24)31-32(27(33)19-17-22-10-5-4-6-11-22)30(28)26-15-9-13-23-12-7-8-14-25(23)26/h4-15,17,19-21,24H,16,18H2,1-3H3/b19-17+. The first-order valence-electron chi connectivity index (χ1n) is 11.9. The monoisotopic (exact) mass is 434 g/mol. The van der Waals surface area contributed by atoms with Gasteiger partial charge in [-0.25, -0.2) is 0 Å². The van der Waals surface area contributed by atoms with Gasteiger partial charge in [0.15, 0.2) is 0 Å². The van der Waals surface area contributed by atoms with Crippen LogP contribution < -0.4 is 0 Å². The van der Waals surface area contributed by atoms with Gasteiger partial charge in [-0.3, -0.25) is 4.79 Å². The molecule has 0 spiro atoms. The first-order valence-corrected chi connectivity index (χ1v) is 11.9. The summed E-state index contributed by atoms with van der Waals surface area (Å²) < 4.78 is 1.67. The Morgan fingerprint density at radius 1 is 0.970 bits per heavy atom. The molecule has 1 aliphatic rings. The fourth-order valence-corrected chi connectivity index (χ4v) is 5.22. The third-order valence-corrected chi connectivity index (χ3v) is 6.98. The van der Waals surface area contributed by atoms with E-state index >= 15 is 0 Å². The summed E-state index contributed by atoms with van der Waals surface area (Å²) in [6.07, 6.45) is 5.76. The van der Waals surface area contributed by atoms with E-state index in [4.69, 9.17) is 5.10 Å². The van der Waals surface area contributed by atoms with E-state index in [2.05, 4.69) is 63.2 Å². The van der Waals surface area contributed by atoms with Crippen LogP contribution in [0.1, 0.15) is 67.1 Å². The second kappa shape index (κ2) is 8.82. The molecule has 0 amide bonds. The van der Waals surface area contributed by atoms with Crippen LogP contribution in [0, 0.1) is 5.92 Å². The van der Waals surface area contributed by atoms with Gasteiger partial charge in [0.25, 0.3) is 5.91 Å². The van der Waals surface area contributed by atoms with Crippen LogP contribution in [-0.2, 0) is 0 Å². The highest BCUT2D eigenvalue weighted by atomic mass is 16.2. The van der Waals surface area contributed by atoms with Gasteiger partial charge in [-0.2, -0.15) is 9.78 Å². The molecule has 5 rings (SSSR count). The molecule has 0 radical (unpaired) electrons. The van der Waals surface area contributed by atoms with E-state index in [0.29, 0.717) is 17.8 Å². The second-order valence-electron chi connectivity index (χ2n) is 9.50. The lowest BCUT2D eigenvalue weighted by Gasteiger charge is -2.29. The van der Waals surface area contributed by atoms with Gasteiger partial charge in [-0.15, -0.1) is 0 Å². The molecule has 0 fully saturated rings. The maximum Gasteiger partial charge on any atom is 0.271 e. The molecule has 0 saturated heterocycles. The summed E-state index contributed by atoms with van der Waals surface area (Å²) >= 11 is 0.